The lowest BCUT2D eigenvalue weighted by molar-refractivity contribution is 0.353. The number of hydrogen-bond acceptors (Lipinski definition) is 3. The van der Waals surface area contributed by atoms with Crippen LogP contribution in [0.25, 0.3) is 0 Å². The lowest BCUT2D eigenvalue weighted by Crippen LogP contribution is -2.16. The molecule has 0 unspecified atom stereocenters. The summed E-state index contributed by atoms with van der Waals surface area (Å²) >= 11 is 0. The van der Waals surface area contributed by atoms with Gasteiger partial charge in [0.15, 0.2) is 0 Å². The van der Waals surface area contributed by atoms with E-state index in [1.54, 1.807) is 0 Å². The largest absolute Gasteiger partial charge is 0.463 e. The first-order valence-electron chi connectivity index (χ1n) is 2.74. The van der Waals surface area contributed by atoms with Crippen molar-refractivity contribution in [3.05, 3.63) is 0 Å². The molecule has 0 bridgehead atoms. The fraction of sp³-hybridized carbons (Fsp3) is 0.750. The van der Waals surface area contributed by atoms with E-state index in [2.05, 4.69) is 9.71 Å². The predicted octanol–water partition coefficient (Wildman–Crippen LogP) is -1.08. The normalized spacial score (nSPS) is 22.3. The minimum absolute atomic E-state index is 0.0995. The van der Waals surface area contributed by atoms with Crippen LogP contribution in [0.3, 0.4) is 0 Å². The van der Waals surface area contributed by atoms with Gasteiger partial charge in [0.1, 0.15) is 6.61 Å². The molecule has 1 N–H and O–H groups in total. The number of nitrogens with one attached hydrogen (secondary N) is 1. The van der Waals surface area contributed by atoms with Gasteiger partial charge in [-0.25, -0.2) is 8.42 Å². The number of amidine groups is 1. The first-order valence-corrected chi connectivity index (χ1v) is 4.59. The van der Waals surface area contributed by atoms with Gasteiger partial charge in [0, 0.05) is 0 Å². The summed E-state index contributed by atoms with van der Waals surface area (Å²) in [5, 5.41) is 2.66. The van der Waals surface area contributed by atoms with Crippen LogP contribution in [0.5, 0.6) is 0 Å². The quantitative estimate of drug-likeness (QED) is 0.535. The van der Waals surface area contributed by atoms with E-state index in [1.807, 2.05) is 0 Å². The summed E-state index contributed by atoms with van der Waals surface area (Å²) < 4.78 is 29.0. The molecular formula is C4H8N2O3S. The lowest BCUT2D eigenvalue weighted by Gasteiger charge is -1.93. The van der Waals surface area contributed by atoms with Gasteiger partial charge in [-0.2, -0.15) is 0 Å². The third-order valence-corrected chi connectivity index (χ3v) is 1.36. The Balaban J connectivity index is 2.72. The van der Waals surface area contributed by atoms with Crippen LogP contribution in [0, 0.1) is 0 Å². The Morgan fingerprint density at radius 1 is 1.70 bits per heavy atom. The van der Waals surface area contributed by atoms with E-state index in [1.165, 1.54) is 0 Å². The molecule has 1 heterocycles. The molecule has 0 aromatic carbocycles. The Morgan fingerprint density at radius 2 is 2.40 bits per heavy atom. The van der Waals surface area contributed by atoms with Gasteiger partial charge in [0.25, 0.3) is 10.0 Å². The number of rotatable bonds is 1. The Kier molecular flexibility index (Phi) is 1.80. The fourth-order valence-electron chi connectivity index (χ4n) is 0.566. The van der Waals surface area contributed by atoms with Crippen LogP contribution in [-0.2, 0) is 14.8 Å². The van der Waals surface area contributed by atoms with Crippen molar-refractivity contribution in [1.29, 1.82) is 0 Å². The molecule has 0 atom stereocenters. The SMILES string of the molecule is CS(=O)(=O)N=C1NCCO1. The van der Waals surface area contributed by atoms with Crippen molar-refractivity contribution in [2.45, 2.75) is 0 Å². The molecule has 6 heteroatoms. The molecule has 0 spiro atoms. The molecule has 5 nitrogen and oxygen atoms in total. The maximum Gasteiger partial charge on any atom is 0.300 e. The average molecular weight is 164 g/mol. The predicted molar refractivity (Wildman–Crippen MR) is 36.2 cm³/mol. The van der Waals surface area contributed by atoms with E-state index in [-0.39, 0.29) is 6.02 Å². The molecule has 1 aliphatic rings. The summed E-state index contributed by atoms with van der Waals surface area (Å²) in [5.41, 5.74) is 0. The van der Waals surface area contributed by atoms with Crippen LogP contribution in [0.2, 0.25) is 0 Å². The van der Waals surface area contributed by atoms with Gasteiger partial charge >= 0.3 is 6.02 Å². The zero-order chi connectivity index (χ0) is 7.61. The van der Waals surface area contributed by atoms with Gasteiger partial charge in [-0.1, -0.05) is 0 Å². The molecule has 58 valence electrons. The maximum absolute atomic E-state index is 10.5. The van der Waals surface area contributed by atoms with Gasteiger partial charge < -0.3 is 10.1 Å². The Labute approximate surface area is 59.1 Å². The Bertz CT molecular complexity index is 235. The smallest absolute Gasteiger partial charge is 0.300 e. The minimum atomic E-state index is -3.31. The molecule has 0 aromatic heterocycles. The van der Waals surface area contributed by atoms with Crippen LogP contribution >= 0.6 is 0 Å². The van der Waals surface area contributed by atoms with Crippen LogP contribution in [0.15, 0.2) is 4.40 Å². The molecule has 1 saturated heterocycles. The van der Waals surface area contributed by atoms with E-state index in [0.29, 0.717) is 13.2 Å². The standard InChI is InChI=1S/C4H8N2O3S/c1-10(7,8)6-4-5-2-3-9-4/h2-3H2,1H3,(H,5,6). The molecular weight excluding hydrogens is 156 g/mol. The third kappa shape index (κ3) is 2.22. The third-order valence-electron chi connectivity index (χ3n) is 0.866. The highest BCUT2D eigenvalue weighted by atomic mass is 32.2. The second kappa shape index (κ2) is 2.45. The first-order chi connectivity index (χ1) is 4.58. The molecule has 0 radical (unpaired) electrons. The van der Waals surface area contributed by atoms with Gasteiger partial charge in [0.05, 0.1) is 12.8 Å². The van der Waals surface area contributed by atoms with Gasteiger partial charge in [-0.15, -0.1) is 4.40 Å². The van der Waals surface area contributed by atoms with Gasteiger partial charge in [0.2, 0.25) is 0 Å². The minimum Gasteiger partial charge on any atom is -0.463 e. The molecule has 1 fully saturated rings. The van der Waals surface area contributed by atoms with E-state index in [4.69, 9.17) is 4.74 Å². The Morgan fingerprint density at radius 3 is 2.80 bits per heavy atom. The van der Waals surface area contributed by atoms with Crippen molar-refractivity contribution in [2.75, 3.05) is 19.4 Å². The summed E-state index contributed by atoms with van der Waals surface area (Å²) in [6.45, 7) is 1.10. The molecule has 1 rings (SSSR count). The summed E-state index contributed by atoms with van der Waals surface area (Å²) in [6.07, 6.45) is 1.02. The van der Waals surface area contributed by atoms with Crippen molar-refractivity contribution >= 4 is 16.0 Å². The van der Waals surface area contributed by atoms with E-state index < -0.39 is 10.0 Å². The van der Waals surface area contributed by atoms with Crippen molar-refractivity contribution in [3.63, 3.8) is 0 Å². The van der Waals surface area contributed by atoms with E-state index >= 15 is 0 Å². The highest BCUT2D eigenvalue weighted by Crippen LogP contribution is 1.91. The molecule has 10 heavy (non-hydrogen) atoms. The summed E-state index contributed by atoms with van der Waals surface area (Å²) in [4.78, 5) is 0. The topological polar surface area (TPSA) is 67.8 Å². The number of ether oxygens (including phenoxy) is 1. The monoisotopic (exact) mass is 164 g/mol. The van der Waals surface area contributed by atoms with Crippen molar-refractivity contribution in [3.8, 4) is 0 Å². The van der Waals surface area contributed by atoms with Crippen molar-refractivity contribution in [2.24, 2.45) is 4.40 Å². The Hall–Kier alpha value is -0.780. The molecule has 0 aliphatic carbocycles. The van der Waals surface area contributed by atoms with Gasteiger partial charge in [-0.05, 0) is 0 Å². The second-order valence-corrected chi connectivity index (χ2v) is 3.55. The first kappa shape index (κ1) is 7.33. The lowest BCUT2D eigenvalue weighted by atomic mass is 10.7. The van der Waals surface area contributed by atoms with Crippen LogP contribution in [0.4, 0.5) is 0 Å². The van der Waals surface area contributed by atoms with Crippen molar-refractivity contribution < 1.29 is 13.2 Å². The molecule has 0 amide bonds. The molecule has 1 aliphatic heterocycles. The number of hydrogen-bond donors (Lipinski definition) is 1. The van der Waals surface area contributed by atoms with E-state index in [0.717, 1.165) is 6.26 Å². The fourth-order valence-corrected chi connectivity index (χ4v) is 0.984. The van der Waals surface area contributed by atoms with Crippen molar-refractivity contribution in [1.82, 2.24) is 5.32 Å². The average Bonchev–Trinajstić information content (AvgIpc) is 2.12. The van der Waals surface area contributed by atoms with E-state index in [9.17, 15) is 8.42 Å². The van der Waals surface area contributed by atoms with Crippen LogP contribution < -0.4 is 5.32 Å². The van der Waals surface area contributed by atoms with Crippen LogP contribution in [-0.4, -0.2) is 33.8 Å². The molecule has 0 saturated carbocycles. The number of nitrogens with zero attached hydrogens (tertiary/aromatic N) is 1. The highest BCUT2D eigenvalue weighted by molar-refractivity contribution is 7.89. The van der Waals surface area contributed by atoms with Gasteiger partial charge in [-0.3, -0.25) is 0 Å². The summed E-state index contributed by atoms with van der Waals surface area (Å²) in [7, 11) is -3.31. The van der Waals surface area contributed by atoms with Crippen LogP contribution in [0.1, 0.15) is 0 Å². The second-order valence-electron chi connectivity index (χ2n) is 1.90. The summed E-state index contributed by atoms with van der Waals surface area (Å²) in [5.74, 6) is 0. The zero-order valence-electron chi connectivity index (χ0n) is 5.49. The molecule has 0 aromatic rings. The zero-order valence-corrected chi connectivity index (χ0v) is 6.31. The maximum atomic E-state index is 10.5. The number of sulfonamides is 1. The summed E-state index contributed by atoms with van der Waals surface area (Å²) in [6, 6.07) is 0.0995. The highest BCUT2D eigenvalue weighted by Gasteiger charge is 2.10.